The number of carboxylic acids is 1. The van der Waals surface area contributed by atoms with Crippen molar-refractivity contribution < 1.29 is 15.0 Å². The number of hydrogen-bond donors (Lipinski definition) is 2. The first-order chi connectivity index (χ1) is 7.06. The van der Waals surface area contributed by atoms with Crippen LogP contribution in [0.4, 0.5) is 5.69 Å². The normalized spacial score (nSPS) is 11.5. The van der Waals surface area contributed by atoms with Gasteiger partial charge in [0.1, 0.15) is 0 Å². The fourth-order valence-electron chi connectivity index (χ4n) is 1.21. The van der Waals surface area contributed by atoms with Gasteiger partial charge in [-0.3, -0.25) is 4.99 Å². The van der Waals surface area contributed by atoms with Gasteiger partial charge in [-0.1, -0.05) is 12.1 Å². The van der Waals surface area contributed by atoms with Gasteiger partial charge in [0, 0.05) is 5.71 Å². The number of carboxylic acid groups (broad SMARTS) is 1. The summed E-state index contributed by atoms with van der Waals surface area (Å²) >= 11 is 0. The lowest BCUT2D eigenvalue weighted by molar-refractivity contribution is 0.0697. The molecule has 0 unspecified atom stereocenters. The number of benzene rings is 1. The quantitative estimate of drug-likeness (QED) is 0.742. The highest BCUT2D eigenvalue weighted by atomic mass is 16.4. The standard InChI is InChI=1S/C11H13NO3/c1-7-4-3-5-9(11(14)15)10(7)12-8(2)6-13/h3-5,13H,6H2,1-2H3,(H,14,15)/b12-8+. The van der Waals surface area contributed by atoms with Crippen molar-refractivity contribution in [2.75, 3.05) is 6.61 Å². The highest BCUT2D eigenvalue weighted by molar-refractivity contribution is 5.96. The molecule has 0 heterocycles. The van der Waals surface area contributed by atoms with Crippen LogP contribution in [-0.4, -0.2) is 28.5 Å². The summed E-state index contributed by atoms with van der Waals surface area (Å²) in [4.78, 5) is 15.0. The third-order valence-electron chi connectivity index (χ3n) is 2.00. The minimum absolute atomic E-state index is 0.155. The second-order valence-corrected chi connectivity index (χ2v) is 3.28. The molecule has 1 rings (SSSR count). The average molecular weight is 207 g/mol. The third kappa shape index (κ3) is 2.63. The fourth-order valence-corrected chi connectivity index (χ4v) is 1.21. The van der Waals surface area contributed by atoms with Crippen LogP contribution in [0, 0.1) is 6.92 Å². The summed E-state index contributed by atoms with van der Waals surface area (Å²) in [5.41, 5.74) is 1.84. The number of aliphatic hydroxyl groups excluding tert-OH is 1. The molecule has 0 radical (unpaired) electrons. The van der Waals surface area contributed by atoms with Crippen LogP contribution in [0.25, 0.3) is 0 Å². The van der Waals surface area contributed by atoms with Gasteiger partial charge in [-0.25, -0.2) is 4.79 Å². The largest absolute Gasteiger partial charge is 0.478 e. The minimum atomic E-state index is -1.01. The maximum Gasteiger partial charge on any atom is 0.337 e. The Balaban J connectivity index is 3.31. The predicted molar refractivity (Wildman–Crippen MR) is 58.0 cm³/mol. The molecule has 2 N–H and O–H groups in total. The van der Waals surface area contributed by atoms with E-state index in [9.17, 15) is 4.79 Å². The van der Waals surface area contributed by atoms with Gasteiger partial charge >= 0.3 is 5.97 Å². The molecule has 4 heteroatoms. The maximum atomic E-state index is 10.9. The molecule has 0 saturated carbocycles. The van der Waals surface area contributed by atoms with E-state index in [-0.39, 0.29) is 12.2 Å². The van der Waals surface area contributed by atoms with Crippen molar-refractivity contribution in [2.24, 2.45) is 4.99 Å². The summed E-state index contributed by atoms with van der Waals surface area (Å²) in [6.07, 6.45) is 0. The summed E-state index contributed by atoms with van der Waals surface area (Å²) in [6, 6.07) is 4.96. The van der Waals surface area contributed by atoms with Gasteiger partial charge < -0.3 is 10.2 Å². The van der Waals surface area contributed by atoms with Gasteiger partial charge in [-0.15, -0.1) is 0 Å². The van der Waals surface area contributed by atoms with Gasteiger partial charge in [0.05, 0.1) is 17.9 Å². The van der Waals surface area contributed by atoms with Crippen LogP contribution in [0.15, 0.2) is 23.2 Å². The van der Waals surface area contributed by atoms with Gasteiger partial charge in [0.25, 0.3) is 0 Å². The molecule has 1 aromatic carbocycles. The van der Waals surface area contributed by atoms with E-state index in [4.69, 9.17) is 10.2 Å². The zero-order chi connectivity index (χ0) is 11.4. The fraction of sp³-hybridized carbons (Fsp3) is 0.273. The number of para-hydroxylation sites is 1. The van der Waals surface area contributed by atoms with E-state index in [1.165, 1.54) is 6.07 Å². The smallest absolute Gasteiger partial charge is 0.337 e. The van der Waals surface area contributed by atoms with Crippen LogP contribution in [0.3, 0.4) is 0 Å². The number of hydrogen-bond acceptors (Lipinski definition) is 3. The third-order valence-corrected chi connectivity index (χ3v) is 2.00. The molecule has 0 aliphatic carbocycles. The number of nitrogens with zero attached hydrogens (tertiary/aromatic N) is 1. The monoisotopic (exact) mass is 207 g/mol. The van der Waals surface area contributed by atoms with Crippen molar-refractivity contribution in [1.29, 1.82) is 0 Å². The van der Waals surface area contributed by atoms with Crippen LogP contribution in [0.5, 0.6) is 0 Å². The van der Waals surface area contributed by atoms with Crippen LogP contribution < -0.4 is 0 Å². The lowest BCUT2D eigenvalue weighted by Gasteiger charge is -2.05. The SMILES string of the molecule is C/C(CO)=N\c1c(C)cccc1C(=O)O. The van der Waals surface area contributed by atoms with Crippen molar-refractivity contribution in [2.45, 2.75) is 13.8 Å². The molecule has 1 aromatic rings. The van der Waals surface area contributed by atoms with Crippen LogP contribution in [0.2, 0.25) is 0 Å². The highest BCUT2D eigenvalue weighted by Crippen LogP contribution is 2.24. The minimum Gasteiger partial charge on any atom is -0.478 e. The number of aliphatic hydroxyl groups is 1. The van der Waals surface area contributed by atoms with Crippen molar-refractivity contribution in [1.82, 2.24) is 0 Å². The summed E-state index contributed by atoms with van der Waals surface area (Å²) in [6.45, 7) is 3.27. The molecule has 0 aromatic heterocycles. The Morgan fingerprint density at radius 2 is 2.13 bits per heavy atom. The van der Waals surface area contributed by atoms with E-state index in [0.717, 1.165) is 5.56 Å². The lowest BCUT2D eigenvalue weighted by Crippen LogP contribution is -2.01. The zero-order valence-electron chi connectivity index (χ0n) is 8.69. The van der Waals surface area contributed by atoms with Crippen LogP contribution >= 0.6 is 0 Å². The molecule has 0 amide bonds. The number of aromatic carboxylic acids is 1. The molecule has 0 bridgehead atoms. The Bertz CT molecular complexity index is 410. The number of carbonyl (C=O) groups is 1. The molecule has 0 fully saturated rings. The van der Waals surface area contributed by atoms with Crippen molar-refractivity contribution in [3.63, 3.8) is 0 Å². The summed E-state index contributed by atoms with van der Waals surface area (Å²) in [7, 11) is 0. The molecule has 15 heavy (non-hydrogen) atoms. The summed E-state index contributed by atoms with van der Waals surface area (Å²) < 4.78 is 0. The molecule has 0 saturated heterocycles. The van der Waals surface area contributed by atoms with Crippen molar-refractivity contribution >= 4 is 17.4 Å². The number of rotatable bonds is 3. The predicted octanol–water partition coefficient (Wildman–Crippen LogP) is 1.78. The molecule has 0 aliphatic rings. The van der Waals surface area contributed by atoms with Crippen LogP contribution in [-0.2, 0) is 0 Å². The summed E-state index contributed by atoms with van der Waals surface area (Å²) in [5.74, 6) is -1.01. The first-order valence-corrected chi connectivity index (χ1v) is 4.54. The highest BCUT2D eigenvalue weighted by Gasteiger charge is 2.11. The summed E-state index contributed by atoms with van der Waals surface area (Å²) in [5, 5.41) is 17.8. The lowest BCUT2D eigenvalue weighted by atomic mass is 10.1. The molecule has 0 aliphatic heterocycles. The number of aryl methyl sites for hydroxylation is 1. The van der Waals surface area contributed by atoms with E-state index in [2.05, 4.69) is 4.99 Å². The van der Waals surface area contributed by atoms with E-state index in [1.54, 1.807) is 26.0 Å². The van der Waals surface area contributed by atoms with Gasteiger partial charge in [0.15, 0.2) is 0 Å². The van der Waals surface area contributed by atoms with E-state index >= 15 is 0 Å². The molecule has 80 valence electrons. The van der Waals surface area contributed by atoms with Gasteiger partial charge in [-0.2, -0.15) is 0 Å². The van der Waals surface area contributed by atoms with Gasteiger partial charge in [0.2, 0.25) is 0 Å². The molecule has 0 spiro atoms. The Morgan fingerprint density at radius 1 is 1.47 bits per heavy atom. The van der Waals surface area contributed by atoms with E-state index < -0.39 is 5.97 Å². The second kappa shape index (κ2) is 4.70. The maximum absolute atomic E-state index is 10.9. The Labute approximate surface area is 87.9 Å². The van der Waals surface area contributed by atoms with E-state index in [0.29, 0.717) is 11.4 Å². The van der Waals surface area contributed by atoms with Crippen molar-refractivity contribution in [3.8, 4) is 0 Å². The Kier molecular flexibility index (Phi) is 3.57. The molecule has 0 atom stereocenters. The second-order valence-electron chi connectivity index (χ2n) is 3.28. The zero-order valence-corrected chi connectivity index (χ0v) is 8.69. The van der Waals surface area contributed by atoms with E-state index in [1.807, 2.05) is 0 Å². The molecular weight excluding hydrogens is 194 g/mol. The Hall–Kier alpha value is -1.68. The average Bonchev–Trinajstić information content (AvgIpc) is 2.20. The molecule has 4 nitrogen and oxygen atoms in total. The number of aliphatic imine (C=N–C) groups is 1. The first-order valence-electron chi connectivity index (χ1n) is 4.54. The first kappa shape index (κ1) is 11.4. The van der Waals surface area contributed by atoms with Gasteiger partial charge in [-0.05, 0) is 25.5 Å². The van der Waals surface area contributed by atoms with Crippen LogP contribution in [0.1, 0.15) is 22.8 Å². The molecular formula is C11H13NO3. The van der Waals surface area contributed by atoms with Crippen molar-refractivity contribution in [3.05, 3.63) is 29.3 Å². The topological polar surface area (TPSA) is 69.9 Å². The Morgan fingerprint density at radius 3 is 2.67 bits per heavy atom.